The number of hydrogen-bond acceptors (Lipinski definition) is 4. The highest BCUT2D eigenvalue weighted by molar-refractivity contribution is 6.26. The highest BCUT2D eigenvalue weighted by Gasteiger charge is 2.22. The standard InChI is InChI=1S/C112H68N6/c1-4-20-69(21-5-1)76-43-52-91-93-53-44-77(70-22-6-2-7-23-70)64-101(93)111-109(99(91)63-76)113-67-103(115-111)83-29-16-27-74(59-83)79-48-57-108-98(62-79)96-35-13-15-39-106(96)118(108)86-49-40-71(41-50-86)75-42-51-90-80(58-75)28-19-37-89(90)81-45-54-92-94-55-46-82(88-36-18-25-72-24-10-11-33-87(72)88)66-102(94)112-110(100(92)65-81)114-68-104(116-112)84-30-17-26-73(60-84)78-47-56-107-97(61-78)95-34-12-14-38-105(95)117(107)85-31-8-3-9-32-85/h1-68H. The van der Waals surface area contributed by atoms with E-state index in [1.807, 2.05) is 12.4 Å². The molecule has 0 aliphatic rings. The molecule has 0 radical (unpaired) electrons. The predicted molar refractivity (Wildman–Crippen MR) is 495 cm³/mol. The molecule has 0 fully saturated rings. The number of fused-ring (bicyclic) bond motifs is 20. The first-order valence-electron chi connectivity index (χ1n) is 40.4. The molecule has 0 aliphatic carbocycles. The number of rotatable bonds is 11. The van der Waals surface area contributed by atoms with Gasteiger partial charge in [-0.05, 0) is 224 Å². The number of para-hydroxylation sites is 3. The Morgan fingerprint density at radius 1 is 0.161 bits per heavy atom. The summed E-state index contributed by atoms with van der Waals surface area (Å²) in [6.07, 6.45) is 3.93. The van der Waals surface area contributed by atoms with Crippen LogP contribution < -0.4 is 0 Å². The number of benzene rings is 20. The van der Waals surface area contributed by atoms with Gasteiger partial charge in [0.15, 0.2) is 0 Å². The quantitative estimate of drug-likeness (QED) is 0.121. The summed E-state index contributed by atoms with van der Waals surface area (Å²) in [5.41, 5.74) is 30.1. The van der Waals surface area contributed by atoms with Crippen LogP contribution in [-0.4, -0.2) is 29.1 Å². The molecule has 4 heterocycles. The third-order valence-electron chi connectivity index (χ3n) is 24.5. The second kappa shape index (κ2) is 27.0. The molecule has 24 rings (SSSR count). The van der Waals surface area contributed by atoms with E-state index in [1.54, 1.807) is 0 Å². The highest BCUT2D eigenvalue weighted by atomic mass is 15.0. The molecule has 0 bridgehead atoms. The molecule has 0 N–H and O–H groups in total. The first-order valence-corrected chi connectivity index (χ1v) is 40.4. The maximum absolute atomic E-state index is 5.70. The largest absolute Gasteiger partial charge is 0.309 e. The summed E-state index contributed by atoms with van der Waals surface area (Å²) in [7, 11) is 0. The normalized spacial score (nSPS) is 11.9. The lowest BCUT2D eigenvalue weighted by atomic mass is 9.91. The number of hydrogen-bond donors (Lipinski definition) is 0. The molecule has 0 spiro atoms. The van der Waals surface area contributed by atoms with Crippen LogP contribution in [0.3, 0.4) is 0 Å². The Balaban J connectivity index is 0.557. The molecule has 546 valence electrons. The van der Waals surface area contributed by atoms with Gasteiger partial charge in [0, 0.05) is 65.6 Å². The van der Waals surface area contributed by atoms with Crippen molar-refractivity contribution in [3.8, 4) is 112 Å². The predicted octanol–water partition coefficient (Wildman–Crippen LogP) is 29.7. The smallest absolute Gasteiger partial charge is 0.0979 e. The minimum absolute atomic E-state index is 0.817. The first-order chi connectivity index (χ1) is 58.5. The van der Waals surface area contributed by atoms with Gasteiger partial charge in [-0.15, -0.1) is 0 Å². The Labute approximate surface area is 679 Å². The molecule has 4 aromatic heterocycles. The van der Waals surface area contributed by atoms with E-state index in [2.05, 4.69) is 410 Å². The minimum Gasteiger partial charge on any atom is -0.309 e. The lowest BCUT2D eigenvalue weighted by Crippen LogP contribution is -1.94. The van der Waals surface area contributed by atoms with Crippen LogP contribution in [0.4, 0.5) is 0 Å². The molecule has 0 saturated heterocycles. The van der Waals surface area contributed by atoms with Crippen molar-refractivity contribution in [1.82, 2.24) is 29.1 Å². The van der Waals surface area contributed by atoms with Gasteiger partial charge in [-0.2, -0.15) is 0 Å². The molecule has 6 heteroatoms. The van der Waals surface area contributed by atoms with Gasteiger partial charge in [-0.25, -0.2) is 9.97 Å². The van der Waals surface area contributed by atoms with Crippen LogP contribution in [0.25, 0.3) is 242 Å². The molecule has 118 heavy (non-hydrogen) atoms. The molecule has 24 aromatic rings. The van der Waals surface area contributed by atoms with Gasteiger partial charge >= 0.3 is 0 Å². The lowest BCUT2D eigenvalue weighted by molar-refractivity contribution is 1.18. The maximum atomic E-state index is 5.70. The molecule has 20 aromatic carbocycles. The molecular formula is C112H68N6. The van der Waals surface area contributed by atoms with Crippen molar-refractivity contribution < 1.29 is 0 Å². The topological polar surface area (TPSA) is 61.4 Å². The zero-order chi connectivity index (χ0) is 77.5. The zero-order valence-electron chi connectivity index (χ0n) is 63.9. The summed E-state index contributed by atoms with van der Waals surface area (Å²) < 4.78 is 4.77. The fourth-order valence-electron chi connectivity index (χ4n) is 18.8. The van der Waals surface area contributed by atoms with Crippen LogP contribution in [0.5, 0.6) is 0 Å². The van der Waals surface area contributed by atoms with E-state index >= 15 is 0 Å². The van der Waals surface area contributed by atoms with Crippen LogP contribution in [-0.2, 0) is 0 Å². The van der Waals surface area contributed by atoms with Crippen LogP contribution in [0, 0.1) is 0 Å². The van der Waals surface area contributed by atoms with Crippen molar-refractivity contribution in [3.63, 3.8) is 0 Å². The van der Waals surface area contributed by atoms with Crippen molar-refractivity contribution >= 4 is 130 Å². The molecule has 0 unspecified atom stereocenters. The van der Waals surface area contributed by atoms with Crippen LogP contribution >= 0.6 is 0 Å². The van der Waals surface area contributed by atoms with Crippen molar-refractivity contribution in [1.29, 1.82) is 0 Å². The maximum Gasteiger partial charge on any atom is 0.0979 e. The fourth-order valence-corrected chi connectivity index (χ4v) is 18.8. The Kier molecular flexibility index (Phi) is 15.3. The molecule has 0 saturated carbocycles. The molecular weight excluding hydrogens is 1430 g/mol. The van der Waals surface area contributed by atoms with E-state index in [4.69, 9.17) is 19.9 Å². The summed E-state index contributed by atoms with van der Waals surface area (Å²) >= 11 is 0. The third kappa shape index (κ3) is 11.0. The summed E-state index contributed by atoms with van der Waals surface area (Å²) in [5, 5.41) is 18.5. The second-order valence-electron chi connectivity index (χ2n) is 31.2. The van der Waals surface area contributed by atoms with Gasteiger partial charge in [0.2, 0.25) is 0 Å². The van der Waals surface area contributed by atoms with E-state index in [9.17, 15) is 0 Å². The zero-order valence-corrected chi connectivity index (χ0v) is 63.9. The molecule has 6 nitrogen and oxygen atoms in total. The van der Waals surface area contributed by atoms with E-state index in [0.717, 1.165) is 177 Å². The van der Waals surface area contributed by atoms with Crippen LogP contribution in [0.1, 0.15) is 0 Å². The van der Waals surface area contributed by atoms with Gasteiger partial charge in [-0.1, -0.05) is 297 Å². The van der Waals surface area contributed by atoms with Gasteiger partial charge in [0.25, 0.3) is 0 Å². The van der Waals surface area contributed by atoms with E-state index in [0.29, 0.717) is 0 Å². The highest BCUT2D eigenvalue weighted by Crippen LogP contribution is 2.46. The minimum atomic E-state index is 0.817. The third-order valence-corrected chi connectivity index (χ3v) is 24.5. The SMILES string of the molecule is c1ccc(-c2ccc3c4ccc(-c5ccccc5)cc4c4nc(-c5cccc(-c6ccc7c(c6)c6ccccc6n7-c6ccc(-c7ccc8c(-c9ccc%10c%11ccc(-c%12cccc%13ccccc%12%13)cc%11c%11nc(-c%12cccc(-c%13ccc%14c(c%13)c%13ccccc%13n%14-c%13ccccc%13)c%12)cnc%11c%10c9)cccc8c7)cc6)c5)cnc4c3c2)cc1. The summed E-state index contributed by atoms with van der Waals surface area (Å²) in [6.45, 7) is 0. The van der Waals surface area contributed by atoms with E-state index in [-0.39, 0.29) is 0 Å². The number of aromatic nitrogens is 6. The van der Waals surface area contributed by atoms with Crippen molar-refractivity contribution in [3.05, 3.63) is 413 Å². The van der Waals surface area contributed by atoms with Crippen molar-refractivity contribution in [2.24, 2.45) is 0 Å². The van der Waals surface area contributed by atoms with Gasteiger partial charge in [0.1, 0.15) is 0 Å². The average molecular weight is 1500 g/mol. The van der Waals surface area contributed by atoms with Gasteiger partial charge < -0.3 is 9.13 Å². The summed E-state index contributed by atoms with van der Waals surface area (Å²) in [5.74, 6) is 0. The fraction of sp³-hybridized carbons (Fsp3) is 0. The molecule has 0 amide bonds. The monoisotopic (exact) mass is 1500 g/mol. The van der Waals surface area contributed by atoms with Crippen molar-refractivity contribution in [2.45, 2.75) is 0 Å². The Morgan fingerprint density at radius 3 is 0.992 bits per heavy atom. The molecule has 0 atom stereocenters. The summed E-state index contributed by atoms with van der Waals surface area (Å²) in [6, 6.07) is 146. The van der Waals surface area contributed by atoms with Gasteiger partial charge in [0.05, 0.1) is 67.9 Å². The van der Waals surface area contributed by atoms with E-state index < -0.39 is 0 Å². The van der Waals surface area contributed by atoms with Crippen molar-refractivity contribution in [2.75, 3.05) is 0 Å². The Hall–Kier alpha value is -15.8. The average Bonchev–Trinajstić information content (AvgIpc) is 1.45. The first kappa shape index (κ1) is 66.8. The Bertz CT molecular complexity index is 8280. The number of nitrogens with zero attached hydrogens (tertiary/aromatic N) is 6. The van der Waals surface area contributed by atoms with Crippen LogP contribution in [0.15, 0.2) is 413 Å². The summed E-state index contributed by atoms with van der Waals surface area (Å²) in [4.78, 5) is 22.1. The second-order valence-corrected chi connectivity index (χ2v) is 31.2. The van der Waals surface area contributed by atoms with Crippen LogP contribution in [0.2, 0.25) is 0 Å². The van der Waals surface area contributed by atoms with E-state index in [1.165, 1.54) is 65.3 Å². The lowest BCUT2D eigenvalue weighted by Gasteiger charge is -2.15. The van der Waals surface area contributed by atoms with Gasteiger partial charge in [-0.3, -0.25) is 9.97 Å². The Morgan fingerprint density at radius 2 is 0.475 bits per heavy atom. The molecule has 0 aliphatic heterocycles.